The fraction of sp³-hybridized carbons (Fsp3) is 0.788. The molecule has 0 radical (unpaired) electrons. The number of rotatable bonds is 27. The highest BCUT2D eigenvalue weighted by atomic mass is 16.3. The zero-order valence-electron chi connectivity index (χ0n) is 24.8. The van der Waals surface area contributed by atoms with E-state index >= 15 is 0 Å². The van der Waals surface area contributed by atoms with Gasteiger partial charge in [0.05, 0.1) is 31.3 Å². The third-order valence-corrected chi connectivity index (χ3v) is 6.90. The molecular formula is C33H61NO4. The lowest BCUT2D eigenvalue weighted by Gasteiger charge is -2.20. The molecule has 0 aromatic heterocycles. The predicted molar refractivity (Wildman–Crippen MR) is 162 cm³/mol. The van der Waals surface area contributed by atoms with Gasteiger partial charge in [0.2, 0.25) is 5.91 Å². The Labute approximate surface area is 234 Å². The minimum atomic E-state index is -0.954. The quantitative estimate of drug-likeness (QED) is 0.0641. The number of amides is 1. The Hall–Kier alpha value is -1.43. The number of hydrogen-bond acceptors (Lipinski definition) is 4. The van der Waals surface area contributed by atoms with Gasteiger partial charge in [-0.2, -0.15) is 0 Å². The van der Waals surface area contributed by atoms with Gasteiger partial charge in [-0.25, -0.2) is 0 Å². The molecule has 222 valence electrons. The van der Waals surface area contributed by atoms with Crippen molar-refractivity contribution in [3.63, 3.8) is 0 Å². The van der Waals surface area contributed by atoms with Crippen molar-refractivity contribution in [2.24, 2.45) is 0 Å². The van der Waals surface area contributed by atoms with Crippen LogP contribution in [0.1, 0.15) is 142 Å². The summed E-state index contributed by atoms with van der Waals surface area (Å²) in [7, 11) is 0. The number of carbonyl (C=O) groups is 1. The maximum absolute atomic E-state index is 12.3. The van der Waals surface area contributed by atoms with Crippen molar-refractivity contribution in [2.75, 3.05) is 6.61 Å². The number of hydrogen-bond donors (Lipinski definition) is 4. The third-order valence-electron chi connectivity index (χ3n) is 6.90. The van der Waals surface area contributed by atoms with E-state index in [1.165, 1.54) is 77.0 Å². The van der Waals surface area contributed by atoms with Crippen LogP contribution in [0.3, 0.4) is 0 Å². The van der Waals surface area contributed by atoms with E-state index in [1.807, 2.05) is 6.08 Å². The van der Waals surface area contributed by atoms with Crippen molar-refractivity contribution in [1.82, 2.24) is 5.32 Å². The highest BCUT2D eigenvalue weighted by molar-refractivity contribution is 5.76. The van der Waals surface area contributed by atoms with Gasteiger partial charge < -0.3 is 20.6 Å². The van der Waals surface area contributed by atoms with Crippen molar-refractivity contribution < 1.29 is 20.1 Å². The normalized spacial score (nSPS) is 14.6. The molecule has 0 aromatic carbocycles. The van der Waals surface area contributed by atoms with Crippen molar-refractivity contribution in [3.8, 4) is 0 Å². The Morgan fingerprint density at radius 1 is 0.658 bits per heavy atom. The molecule has 1 amide bonds. The Bertz CT molecular complexity index is 602. The second-order valence-electron chi connectivity index (χ2n) is 10.7. The summed E-state index contributed by atoms with van der Waals surface area (Å²) < 4.78 is 0. The number of unbranched alkanes of at least 4 members (excludes halogenated alkanes) is 14. The summed E-state index contributed by atoms with van der Waals surface area (Å²) in [5, 5.41) is 32.8. The van der Waals surface area contributed by atoms with E-state index in [2.05, 4.69) is 43.5 Å². The second kappa shape index (κ2) is 28.6. The maximum Gasteiger partial charge on any atom is 0.222 e. The summed E-state index contributed by atoms with van der Waals surface area (Å²) in [4.78, 5) is 12.3. The zero-order valence-corrected chi connectivity index (χ0v) is 24.8. The first-order valence-electron chi connectivity index (χ1n) is 15.8. The Morgan fingerprint density at radius 2 is 1.13 bits per heavy atom. The smallest absolute Gasteiger partial charge is 0.222 e. The van der Waals surface area contributed by atoms with Crippen LogP contribution < -0.4 is 5.32 Å². The van der Waals surface area contributed by atoms with Crippen LogP contribution in [-0.4, -0.2) is 46.1 Å². The molecule has 4 N–H and O–H groups in total. The minimum absolute atomic E-state index is 0.0161. The molecular weight excluding hydrogens is 474 g/mol. The van der Waals surface area contributed by atoms with Gasteiger partial charge in [-0.3, -0.25) is 4.79 Å². The number of allylic oxidation sites excluding steroid dienone is 5. The van der Waals surface area contributed by atoms with Crippen molar-refractivity contribution in [3.05, 3.63) is 36.5 Å². The third kappa shape index (κ3) is 24.9. The molecule has 0 rings (SSSR count). The van der Waals surface area contributed by atoms with Crippen LogP contribution >= 0.6 is 0 Å². The van der Waals surface area contributed by atoms with Gasteiger partial charge in [0.1, 0.15) is 0 Å². The molecule has 0 spiro atoms. The first-order chi connectivity index (χ1) is 18.5. The topological polar surface area (TPSA) is 89.8 Å². The largest absolute Gasteiger partial charge is 0.394 e. The lowest BCUT2D eigenvalue weighted by Crippen LogP contribution is -2.45. The van der Waals surface area contributed by atoms with Crippen molar-refractivity contribution >= 4 is 5.91 Å². The monoisotopic (exact) mass is 535 g/mol. The van der Waals surface area contributed by atoms with E-state index in [1.54, 1.807) is 6.08 Å². The zero-order chi connectivity index (χ0) is 28.1. The van der Waals surface area contributed by atoms with Gasteiger partial charge in [0.25, 0.3) is 0 Å². The van der Waals surface area contributed by atoms with E-state index < -0.39 is 18.2 Å². The number of aliphatic hydroxyl groups is 3. The van der Waals surface area contributed by atoms with E-state index in [-0.39, 0.29) is 18.9 Å². The lowest BCUT2D eigenvalue weighted by atomic mass is 10.1. The van der Waals surface area contributed by atoms with E-state index in [4.69, 9.17) is 0 Å². The fourth-order valence-electron chi connectivity index (χ4n) is 4.41. The van der Waals surface area contributed by atoms with Crippen LogP contribution in [-0.2, 0) is 4.79 Å². The number of nitrogens with one attached hydrogen (secondary N) is 1. The minimum Gasteiger partial charge on any atom is -0.394 e. The Balaban J connectivity index is 3.92. The van der Waals surface area contributed by atoms with Gasteiger partial charge in [0.15, 0.2) is 0 Å². The summed E-state index contributed by atoms with van der Waals surface area (Å²) in [5.74, 6) is -0.347. The van der Waals surface area contributed by atoms with Crippen LogP contribution in [0.5, 0.6) is 0 Å². The SMILES string of the molecule is CCCCCCCC/C=C\CCCC(O)CC(=O)NC(CO)C(O)/C=C/CC/C=C/CCCCCCCC. The molecule has 3 unspecified atom stereocenters. The lowest BCUT2D eigenvalue weighted by molar-refractivity contribution is -0.124. The molecule has 5 nitrogen and oxygen atoms in total. The van der Waals surface area contributed by atoms with Crippen LogP contribution in [0.25, 0.3) is 0 Å². The molecule has 0 aliphatic rings. The van der Waals surface area contributed by atoms with Gasteiger partial charge in [-0.15, -0.1) is 0 Å². The van der Waals surface area contributed by atoms with Gasteiger partial charge in [-0.05, 0) is 57.8 Å². The summed E-state index contributed by atoms with van der Waals surface area (Å²) in [6, 6.07) is -0.765. The average Bonchev–Trinajstić information content (AvgIpc) is 2.90. The van der Waals surface area contributed by atoms with Crippen LogP contribution in [0, 0.1) is 0 Å². The molecule has 0 fully saturated rings. The van der Waals surface area contributed by atoms with Crippen molar-refractivity contribution in [2.45, 2.75) is 161 Å². The molecule has 0 aliphatic carbocycles. The van der Waals surface area contributed by atoms with E-state index in [0.29, 0.717) is 6.42 Å². The first-order valence-corrected chi connectivity index (χ1v) is 15.8. The molecule has 0 saturated heterocycles. The van der Waals surface area contributed by atoms with Gasteiger partial charge in [-0.1, -0.05) is 115 Å². The molecule has 0 bridgehead atoms. The number of aliphatic hydroxyl groups excluding tert-OH is 3. The molecule has 0 aromatic rings. The van der Waals surface area contributed by atoms with E-state index in [9.17, 15) is 20.1 Å². The van der Waals surface area contributed by atoms with Gasteiger partial charge >= 0.3 is 0 Å². The molecule has 5 heteroatoms. The molecule has 3 atom stereocenters. The second-order valence-corrected chi connectivity index (χ2v) is 10.7. The standard InChI is InChI=1S/C33H61NO4/c1-3-5-7-9-11-13-15-17-19-21-23-25-27-32(37)31(29-35)34-33(38)28-30(36)26-24-22-20-18-16-14-12-10-8-6-4-2/h17-20,25,27,30-32,35-37H,3-16,21-24,26,28-29H2,1-2H3,(H,34,38)/b19-17+,20-18-,27-25+. The molecule has 38 heavy (non-hydrogen) atoms. The average molecular weight is 536 g/mol. The molecule has 0 saturated carbocycles. The van der Waals surface area contributed by atoms with Crippen LogP contribution in [0.4, 0.5) is 0 Å². The fourth-order valence-corrected chi connectivity index (χ4v) is 4.41. The van der Waals surface area contributed by atoms with Crippen molar-refractivity contribution in [1.29, 1.82) is 0 Å². The number of carbonyl (C=O) groups excluding carboxylic acids is 1. The Kier molecular flexibility index (Phi) is 27.5. The Morgan fingerprint density at radius 3 is 1.68 bits per heavy atom. The predicted octanol–water partition coefficient (Wildman–Crippen LogP) is 7.70. The summed E-state index contributed by atoms with van der Waals surface area (Å²) in [6.07, 6.45) is 32.6. The highest BCUT2D eigenvalue weighted by Gasteiger charge is 2.19. The summed E-state index contributed by atoms with van der Waals surface area (Å²) in [5.41, 5.74) is 0. The molecule has 0 heterocycles. The molecule has 0 aliphatic heterocycles. The maximum atomic E-state index is 12.3. The van der Waals surface area contributed by atoms with Crippen LogP contribution in [0.15, 0.2) is 36.5 Å². The van der Waals surface area contributed by atoms with E-state index in [0.717, 1.165) is 38.5 Å². The summed E-state index contributed by atoms with van der Waals surface area (Å²) >= 11 is 0. The highest BCUT2D eigenvalue weighted by Crippen LogP contribution is 2.10. The van der Waals surface area contributed by atoms with Gasteiger partial charge in [0, 0.05) is 0 Å². The summed E-state index contributed by atoms with van der Waals surface area (Å²) in [6.45, 7) is 4.12. The first kappa shape index (κ1) is 36.6. The van der Waals surface area contributed by atoms with Crippen LogP contribution in [0.2, 0.25) is 0 Å².